The van der Waals surface area contributed by atoms with E-state index in [1.165, 1.54) is 36.9 Å². The van der Waals surface area contributed by atoms with Crippen molar-refractivity contribution in [2.75, 3.05) is 20.3 Å². The van der Waals surface area contributed by atoms with Crippen molar-refractivity contribution in [3.8, 4) is 17.6 Å². The van der Waals surface area contributed by atoms with E-state index in [9.17, 15) is 23.4 Å². The second kappa shape index (κ2) is 9.33. The maximum absolute atomic E-state index is 13.1. The number of nitrogens with zero attached hydrogens (tertiary/aromatic N) is 1. The summed E-state index contributed by atoms with van der Waals surface area (Å²) in [5.41, 5.74) is 1.32. The number of rotatable bonds is 6. The van der Waals surface area contributed by atoms with E-state index in [1.54, 1.807) is 6.92 Å². The predicted molar refractivity (Wildman–Crippen MR) is 95.8 cm³/mol. The lowest BCUT2D eigenvalue weighted by Crippen LogP contribution is -2.66. The van der Waals surface area contributed by atoms with Gasteiger partial charge in [0.1, 0.15) is 30.6 Å². The van der Waals surface area contributed by atoms with Crippen molar-refractivity contribution < 1.29 is 38.1 Å². The normalized spacial score (nSPS) is 25.5. The Hall–Kier alpha value is -2.20. The van der Waals surface area contributed by atoms with Crippen LogP contribution in [0.25, 0.3) is 0 Å². The number of carbonyl (C=O) groups is 1. The third-order valence-corrected chi connectivity index (χ3v) is 6.19. The van der Waals surface area contributed by atoms with Gasteiger partial charge >= 0.3 is 0 Å². The molecule has 28 heavy (non-hydrogen) atoms. The highest BCUT2D eigenvalue weighted by atomic mass is 32.2. The van der Waals surface area contributed by atoms with Crippen LogP contribution >= 0.6 is 0 Å². The largest absolute Gasteiger partial charge is 0.481 e. The number of piperidine rings is 1. The van der Waals surface area contributed by atoms with Crippen LogP contribution in [0, 0.1) is 11.8 Å². The number of hydrogen-bond acceptors (Lipinski definition) is 8. The van der Waals surface area contributed by atoms with Gasteiger partial charge in [-0.25, -0.2) is 13.9 Å². The topological polar surface area (TPSA) is 146 Å². The average Bonchev–Trinajstić information content (AvgIpc) is 2.69. The molecule has 10 nitrogen and oxygen atoms in total. The van der Waals surface area contributed by atoms with Crippen LogP contribution in [-0.4, -0.2) is 78.7 Å². The van der Waals surface area contributed by atoms with Crippen molar-refractivity contribution in [2.45, 2.75) is 36.2 Å². The highest BCUT2D eigenvalue weighted by Gasteiger charge is 2.50. The molecule has 0 aromatic heterocycles. The molecule has 11 heteroatoms. The maximum atomic E-state index is 13.1. The van der Waals surface area contributed by atoms with Gasteiger partial charge in [-0.15, -0.1) is 5.92 Å². The number of amides is 1. The van der Waals surface area contributed by atoms with Crippen molar-refractivity contribution in [3.05, 3.63) is 24.3 Å². The van der Waals surface area contributed by atoms with Gasteiger partial charge in [0.15, 0.2) is 0 Å². The highest BCUT2D eigenvalue weighted by molar-refractivity contribution is 7.89. The summed E-state index contributed by atoms with van der Waals surface area (Å²) in [4.78, 5) is 11.8. The minimum atomic E-state index is -4.28. The number of carbonyl (C=O) groups excluding carboxylic acids is 1. The number of benzene rings is 1. The molecule has 0 unspecified atom stereocenters. The monoisotopic (exact) mass is 414 g/mol. The molecule has 1 aliphatic rings. The van der Waals surface area contributed by atoms with Gasteiger partial charge in [-0.2, -0.15) is 4.31 Å². The summed E-state index contributed by atoms with van der Waals surface area (Å²) in [6, 6.07) is 3.66. The van der Waals surface area contributed by atoms with Crippen molar-refractivity contribution in [2.24, 2.45) is 0 Å². The molecule has 154 valence electrons. The first-order valence-corrected chi connectivity index (χ1v) is 9.69. The molecule has 1 heterocycles. The first-order valence-electron chi connectivity index (χ1n) is 8.25. The smallest absolute Gasteiger partial charge is 0.264 e. The SMILES string of the molecule is CC#CCOc1ccc(S(=O)(=O)N2C[C@H](OC)[C@H](O)[C@@H](O)[C@@H]2C(=O)NO)cc1. The number of sulfonamides is 1. The molecule has 1 fully saturated rings. The van der Waals surface area contributed by atoms with Crippen LogP contribution in [0.5, 0.6) is 5.75 Å². The molecule has 0 bridgehead atoms. The van der Waals surface area contributed by atoms with Crippen molar-refractivity contribution in [1.29, 1.82) is 0 Å². The molecule has 0 saturated carbocycles. The fourth-order valence-electron chi connectivity index (χ4n) is 2.82. The zero-order chi connectivity index (χ0) is 20.9. The van der Waals surface area contributed by atoms with E-state index >= 15 is 0 Å². The van der Waals surface area contributed by atoms with Gasteiger partial charge in [-0.1, -0.05) is 5.92 Å². The number of nitrogens with one attached hydrogen (secondary N) is 1. The van der Waals surface area contributed by atoms with Crippen molar-refractivity contribution in [1.82, 2.24) is 9.79 Å². The molecule has 1 aromatic rings. The molecular weight excluding hydrogens is 392 g/mol. The molecule has 4 N–H and O–H groups in total. The van der Waals surface area contributed by atoms with Gasteiger partial charge in [0.25, 0.3) is 5.91 Å². The lowest BCUT2D eigenvalue weighted by molar-refractivity contribution is -0.157. The molecule has 0 spiro atoms. The van der Waals surface area contributed by atoms with Gasteiger partial charge in [-0.05, 0) is 31.2 Å². The molecular formula is C17H22N2O8S. The average molecular weight is 414 g/mol. The third kappa shape index (κ3) is 4.44. The van der Waals surface area contributed by atoms with Crippen molar-refractivity contribution in [3.63, 3.8) is 0 Å². The quantitative estimate of drug-likeness (QED) is 0.255. The van der Waals surface area contributed by atoms with Crippen LogP contribution in [0.3, 0.4) is 0 Å². The van der Waals surface area contributed by atoms with Gasteiger partial charge < -0.3 is 19.7 Å². The van der Waals surface area contributed by atoms with E-state index in [0.29, 0.717) is 10.1 Å². The van der Waals surface area contributed by atoms with Crippen LogP contribution in [-0.2, 0) is 19.6 Å². The Bertz CT molecular complexity index is 846. The minimum absolute atomic E-state index is 0.146. The Morgan fingerprint density at radius 2 is 1.93 bits per heavy atom. The first-order chi connectivity index (χ1) is 13.3. The minimum Gasteiger partial charge on any atom is -0.481 e. The highest BCUT2D eigenvalue weighted by Crippen LogP contribution is 2.28. The summed E-state index contributed by atoms with van der Waals surface area (Å²) < 4.78 is 37.2. The van der Waals surface area contributed by atoms with E-state index in [0.717, 1.165) is 0 Å². The molecule has 1 saturated heterocycles. The number of aliphatic hydroxyl groups is 2. The fraction of sp³-hybridized carbons (Fsp3) is 0.471. The summed E-state index contributed by atoms with van der Waals surface area (Å²) in [5.74, 6) is 4.59. The number of ether oxygens (including phenoxy) is 2. The maximum Gasteiger partial charge on any atom is 0.264 e. The van der Waals surface area contributed by atoms with E-state index in [-0.39, 0.29) is 11.5 Å². The lowest BCUT2D eigenvalue weighted by Gasteiger charge is -2.42. The van der Waals surface area contributed by atoms with Crippen LogP contribution in [0.2, 0.25) is 0 Å². The zero-order valence-electron chi connectivity index (χ0n) is 15.3. The Morgan fingerprint density at radius 3 is 2.46 bits per heavy atom. The third-order valence-electron chi connectivity index (χ3n) is 4.32. The van der Waals surface area contributed by atoms with Crippen molar-refractivity contribution >= 4 is 15.9 Å². The second-order valence-electron chi connectivity index (χ2n) is 5.94. The molecule has 0 aliphatic carbocycles. The summed E-state index contributed by atoms with van der Waals surface area (Å²) in [6.07, 6.45) is -4.40. The predicted octanol–water partition coefficient (Wildman–Crippen LogP) is -1.30. The molecule has 2 rings (SSSR count). The standard InChI is InChI=1S/C17H22N2O8S/c1-3-4-9-27-11-5-7-12(8-6-11)28(24,25)19-10-13(26-2)15(20)16(21)14(19)17(22)18-23/h5-8,13-16,20-21,23H,9-10H2,1-2H3,(H,18,22)/t13-,14+,15-,16-/m0/s1. The van der Waals surface area contributed by atoms with Gasteiger partial charge in [-0.3, -0.25) is 10.0 Å². The van der Waals surface area contributed by atoms with Crippen LogP contribution in [0.1, 0.15) is 6.92 Å². The van der Waals surface area contributed by atoms with Crippen LogP contribution in [0.15, 0.2) is 29.2 Å². The summed E-state index contributed by atoms with van der Waals surface area (Å²) >= 11 is 0. The summed E-state index contributed by atoms with van der Waals surface area (Å²) in [7, 11) is -3.04. The molecule has 4 atom stereocenters. The number of aliphatic hydroxyl groups excluding tert-OH is 2. The number of methoxy groups -OCH3 is 1. The van der Waals surface area contributed by atoms with Gasteiger partial charge in [0.2, 0.25) is 10.0 Å². The van der Waals surface area contributed by atoms with Crippen LogP contribution in [0.4, 0.5) is 0 Å². The van der Waals surface area contributed by atoms with E-state index in [2.05, 4.69) is 11.8 Å². The zero-order valence-corrected chi connectivity index (χ0v) is 16.1. The Labute approximate surface area is 162 Å². The second-order valence-corrected chi connectivity index (χ2v) is 7.83. The first kappa shape index (κ1) is 22.1. The molecule has 1 aliphatic heterocycles. The molecule has 1 aromatic carbocycles. The van der Waals surface area contributed by atoms with Gasteiger partial charge in [0.05, 0.1) is 11.0 Å². The summed E-state index contributed by atoms with van der Waals surface area (Å²) in [6.45, 7) is 1.40. The Morgan fingerprint density at radius 1 is 1.29 bits per heavy atom. The van der Waals surface area contributed by atoms with E-state index in [4.69, 9.17) is 14.7 Å². The van der Waals surface area contributed by atoms with E-state index < -0.39 is 46.8 Å². The van der Waals surface area contributed by atoms with Gasteiger partial charge in [0, 0.05) is 13.7 Å². The number of hydroxylamine groups is 1. The van der Waals surface area contributed by atoms with E-state index in [1.807, 2.05) is 0 Å². The molecule has 1 amide bonds. The molecule has 0 radical (unpaired) electrons. The fourth-order valence-corrected chi connectivity index (χ4v) is 4.44. The number of hydrogen-bond donors (Lipinski definition) is 4. The summed E-state index contributed by atoms with van der Waals surface area (Å²) in [5, 5.41) is 29.2. The Balaban J connectivity index is 2.36. The van der Waals surface area contributed by atoms with Crippen LogP contribution < -0.4 is 10.2 Å². The Kier molecular flexibility index (Phi) is 7.36. The lowest BCUT2D eigenvalue weighted by atomic mass is 9.95.